The molecule has 0 atom stereocenters. The molecule has 1 N–H and O–H groups in total. The lowest BCUT2D eigenvalue weighted by molar-refractivity contribution is -0.384. The average Bonchev–Trinajstić information content (AvgIpc) is 2.27. The summed E-state index contributed by atoms with van der Waals surface area (Å²) in [6.07, 6.45) is 1.58. The van der Waals surface area contributed by atoms with E-state index in [4.69, 9.17) is 0 Å². The first-order valence-corrected chi connectivity index (χ1v) is 5.70. The SMILES string of the molecule is CN(CC1CC(O)C1)c1ccc([N+](=O)[O-])cc1. The van der Waals surface area contributed by atoms with E-state index in [1.807, 2.05) is 7.05 Å². The molecule has 0 amide bonds. The molecule has 0 bridgehead atoms. The molecule has 5 nitrogen and oxygen atoms in total. The maximum absolute atomic E-state index is 10.5. The van der Waals surface area contributed by atoms with Gasteiger partial charge in [-0.05, 0) is 30.9 Å². The molecule has 5 heteroatoms. The first-order chi connectivity index (χ1) is 8.06. The monoisotopic (exact) mass is 236 g/mol. The van der Waals surface area contributed by atoms with Crippen LogP contribution in [0.4, 0.5) is 11.4 Å². The van der Waals surface area contributed by atoms with Crippen LogP contribution in [0.1, 0.15) is 12.8 Å². The smallest absolute Gasteiger partial charge is 0.269 e. The Kier molecular flexibility index (Phi) is 3.28. The van der Waals surface area contributed by atoms with Crippen molar-refractivity contribution in [2.75, 3.05) is 18.5 Å². The van der Waals surface area contributed by atoms with E-state index in [2.05, 4.69) is 4.90 Å². The Bertz CT molecular complexity index is 399. The van der Waals surface area contributed by atoms with Gasteiger partial charge in [0, 0.05) is 31.4 Å². The largest absolute Gasteiger partial charge is 0.393 e. The first kappa shape index (κ1) is 11.9. The van der Waals surface area contributed by atoms with Crippen molar-refractivity contribution >= 4 is 11.4 Å². The highest BCUT2D eigenvalue weighted by Gasteiger charge is 2.28. The molecule has 1 aliphatic rings. The summed E-state index contributed by atoms with van der Waals surface area (Å²) in [6.45, 7) is 0.884. The summed E-state index contributed by atoms with van der Waals surface area (Å²) >= 11 is 0. The van der Waals surface area contributed by atoms with Gasteiger partial charge in [0.1, 0.15) is 0 Å². The fourth-order valence-corrected chi connectivity index (χ4v) is 2.17. The molecule has 0 radical (unpaired) electrons. The third-order valence-electron chi connectivity index (χ3n) is 3.24. The van der Waals surface area contributed by atoms with E-state index < -0.39 is 4.92 Å². The van der Waals surface area contributed by atoms with Gasteiger partial charge in [0.2, 0.25) is 0 Å². The molecule has 1 aromatic rings. The number of nitro benzene ring substituents is 1. The van der Waals surface area contributed by atoms with Gasteiger partial charge in [-0.3, -0.25) is 10.1 Å². The van der Waals surface area contributed by atoms with Crippen molar-refractivity contribution in [3.63, 3.8) is 0 Å². The molecule has 0 saturated heterocycles. The molecule has 0 aliphatic heterocycles. The molecule has 0 heterocycles. The summed E-state index contributed by atoms with van der Waals surface area (Å²) in [5.74, 6) is 0.533. The Balaban J connectivity index is 1.94. The maximum Gasteiger partial charge on any atom is 0.269 e. The normalized spacial score (nSPS) is 22.9. The number of nitrogens with zero attached hydrogens (tertiary/aromatic N) is 2. The molecule has 0 unspecified atom stereocenters. The van der Waals surface area contributed by atoms with Gasteiger partial charge in [-0.25, -0.2) is 0 Å². The molecule has 1 aromatic carbocycles. The number of hydrogen-bond donors (Lipinski definition) is 1. The zero-order valence-electron chi connectivity index (χ0n) is 9.74. The molecule has 0 aromatic heterocycles. The molecule has 1 saturated carbocycles. The predicted octanol–water partition coefficient (Wildman–Crippen LogP) is 1.80. The van der Waals surface area contributed by atoms with E-state index in [9.17, 15) is 15.2 Å². The van der Waals surface area contributed by atoms with Gasteiger partial charge in [-0.15, -0.1) is 0 Å². The van der Waals surface area contributed by atoms with E-state index in [0.29, 0.717) is 5.92 Å². The lowest BCUT2D eigenvalue weighted by Crippen LogP contribution is -2.37. The van der Waals surface area contributed by atoms with Crippen LogP contribution in [0.25, 0.3) is 0 Å². The Hall–Kier alpha value is -1.62. The summed E-state index contributed by atoms with van der Waals surface area (Å²) in [4.78, 5) is 12.2. The molecular weight excluding hydrogens is 220 g/mol. The zero-order chi connectivity index (χ0) is 12.4. The van der Waals surface area contributed by atoms with Gasteiger partial charge in [-0.2, -0.15) is 0 Å². The van der Waals surface area contributed by atoms with E-state index in [1.165, 1.54) is 12.1 Å². The van der Waals surface area contributed by atoms with Gasteiger partial charge in [0.25, 0.3) is 5.69 Å². The van der Waals surface area contributed by atoms with Crippen LogP contribution in [0.5, 0.6) is 0 Å². The second-order valence-electron chi connectivity index (χ2n) is 4.65. The van der Waals surface area contributed by atoms with Gasteiger partial charge in [0.15, 0.2) is 0 Å². The minimum Gasteiger partial charge on any atom is -0.393 e. The molecule has 1 fully saturated rings. The summed E-state index contributed by atoms with van der Waals surface area (Å²) in [5.41, 5.74) is 1.08. The number of non-ortho nitro benzene ring substituents is 1. The number of nitro groups is 1. The highest BCUT2D eigenvalue weighted by molar-refractivity contribution is 5.50. The van der Waals surface area contributed by atoms with Crippen LogP contribution in [0.15, 0.2) is 24.3 Å². The van der Waals surface area contributed by atoms with Gasteiger partial charge in [0.05, 0.1) is 11.0 Å². The highest BCUT2D eigenvalue weighted by atomic mass is 16.6. The lowest BCUT2D eigenvalue weighted by atomic mass is 9.82. The molecule has 92 valence electrons. The van der Waals surface area contributed by atoms with Crippen molar-refractivity contribution in [2.24, 2.45) is 5.92 Å². The third-order valence-corrected chi connectivity index (χ3v) is 3.24. The topological polar surface area (TPSA) is 66.6 Å². The fourth-order valence-electron chi connectivity index (χ4n) is 2.17. The van der Waals surface area contributed by atoms with Gasteiger partial charge < -0.3 is 10.0 Å². The maximum atomic E-state index is 10.5. The third kappa shape index (κ3) is 2.74. The van der Waals surface area contributed by atoms with Crippen LogP contribution < -0.4 is 4.90 Å². The predicted molar refractivity (Wildman–Crippen MR) is 65.1 cm³/mol. The van der Waals surface area contributed by atoms with Gasteiger partial charge in [-0.1, -0.05) is 0 Å². The van der Waals surface area contributed by atoms with Crippen molar-refractivity contribution in [1.82, 2.24) is 0 Å². The summed E-state index contributed by atoms with van der Waals surface area (Å²) in [6, 6.07) is 6.55. The number of aliphatic hydroxyl groups excluding tert-OH is 1. The zero-order valence-corrected chi connectivity index (χ0v) is 9.74. The van der Waals surface area contributed by atoms with Crippen molar-refractivity contribution < 1.29 is 10.0 Å². The molecule has 17 heavy (non-hydrogen) atoms. The fraction of sp³-hybridized carbons (Fsp3) is 0.500. The van der Waals surface area contributed by atoms with Crippen LogP contribution in [0.3, 0.4) is 0 Å². The number of anilines is 1. The number of aliphatic hydroxyl groups is 1. The second kappa shape index (κ2) is 4.71. The standard InChI is InChI=1S/C12H16N2O3/c1-13(8-9-6-12(15)7-9)10-2-4-11(5-3-10)14(16)17/h2-5,9,12,15H,6-8H2,1H3. The molecule has 2 rings (SSSR count). The van der Waals surface area contributed by atoms with Crippen molar-refractivity contribution in [1.29, 1.82) is 0 Å². The van der Waals surface area contributed by atoms with E-state index >= 15 is 0 Å². The van der Waals surface area contributed by atoms with Crippen molar-refractivity contribution in [3.05, 3.63) is 34.4 Å². The Morgan fingerprint density at radius 1 is 1.41 bits per heavy atom. The Morgan fingerprint density at radius 3 is 2.47 bits per heavy atom. The number of benzene rings is 1. The van der Waals surface area contributed by atoms with Crippen LogP contribution in [-0.4, -0.2) is 29.7 Å². The van der Waals surface area contributed by atoms with Crippen LogP contribution in [0.2, 0.25) is 0 Å². The van der Waals surface area contributed by atoms with Crippen LogP contribution >= 0.6 is 0 Å². The minimum atomic E-state index is -0.397. The van der Waals surface area contributed by atoms with E-state index in [-0.39, 0.29) is 11.8 Å². The summed E-state index contributed by atoms with van der Waals surface area (Å²) in [5, 5.41) is 19.7. The molecule has 0 spiro atoms. The van der Waals surface area contributed by atoms with E-state index in [0.717, 1.165) is 25.1 Å². The summed E-state index contributed by atoms with van der Waals surface area (Å²) < 4.78 is 0. The Labute approximate surface area is 99.8 Å². The van der Waals surface area contributed by atoms with Crippen LogP contribution in [0, 0.1) is 16.0 Å². The average molecular weight is 236 g/mol. The van der Waals surface area contributed by atoms with Crippen molar-refractivity contribution in [3.8, 4) is 0 Å². The molecular formula is C12H16N2O3. The lowest BCUT2D eigenvalue weighted by Gasteiger charge is -2.35. The first-order valence-electron chi connectivity index (χ1n) is 5.70. The second-order valence-corrected chi connectivity index (χ2v) is 4.65. The quantitative estimate of drug-likeness (QED) is 0.639. The number of hydrogen-bond acceptors (Lipinski definition) is 4. The van der Waals surface area contributed by atoms with Crippen molar-refractivity contribution in [2.45, 2.75) is 18.9 Å². The molecule has 1 aliphatic carbocycles. The minimum absolute atomic E-state index is 0.112. The Morgan fingerprint density at radius 2 is 2.00 bits per heavy atom. The summed E-state index contributed by atoms with van der Waals surface area (Å²) in [7, 11) is 1.96. The van der Waals surface area contributed by atoms with Crippen LogP contribution in [-0.2, 0) is 0 Å². The highest BCUT2D eigenvalue weighted by Crippen LogP contribution is 2.29. The van der Waals surface area contributed by atoms with E-state index in [1.54, 1.807) is 12.1 Å². The van der Waals surface area contributed by atoms with Gasteiger partial charge >= 0.3 is 0 Å². The number of rotatable bonds is 4.